The molecule has 0 saturated carbocycles. The molecule has 1 aliphatic heterocycles. The molecule has 0 amide bonds. The zero-order chi connectivity index (χ0) is 24.7. The van der Waals surface area contributed by atoms with E-state index < -0.39 is 0 Å². The Hall–Kier alpha value is -2.72. The van der Waals surface area contributed by atoms with Crippen LogP contribution in [0.15, 0.2) is 48.7 Å². The molecule has 0 unspecified atom stereocenters. The third-order valence-electron chi connectivity index (χ3n) is 7.83. The fourth-order valence-corrected chi connectivity index (χ4v) is 6.53. The van der Waals surface area contributed by atoms with Gasteiger partial charge in [0.15, 0.2) is 0 Å². The summed E-state index contributed by atoms with van der Waals surface area (Å²) in [5.74, 6) is 0.899. The number of fused-ring (bicyclic) bond motifs is 3. The van der Waals surface area contributed by atoms with Crippen molar-refractivity contribution in [1.29, 1.82) is 0 Å². The van der Waals surface area contributed by atoms with Crippen LogP contribution in [0.3, 0.4) is 0 Å². The summed E-state index contributed by atoms with van der Waals surface area (Å²) in [5, 5.41) is 3.48. The normalized spacial score (nSPS) is 16.4. The third-order valence-corrected chi connectivity index (χ3v) is 8.58. The Balaban J connectivity index is 1.67. The van der Waals surface area contributed by atoms with Crippen molar-refractivity contribution in [3.05, 3.63) is 76.5 Å². The van der Waals surface area contributed by atoms with E-state index in [1.54, 1.807) is 5.57 Å². The van der Waals surface area contributed by atoms with Crippen LogP contribution in [0.4, 0.5) is 17.2 Å². The molecule has 3 aromatic rings. The van der Waals surface area contributed by atoms with E-state index >= 15 is 0 Å². The van der Waals surface area contributed by atoms with Crippen LogP contribution >= 0.6 is 11.9 Å². The van der Waals surface area contributed by atoms with Crippen molar-refractivity contribution in [3.8, 4) is 11.1 Å². The number of para-hydroxylation sites is 1. The molecule has 0 saturated heterocycles. The van der Waals surface area contributed by atoms with Gasteiger partial charge in [0.2, 0.25) is 0 Å². The molecule has 0 radical (unpaired) electrons. The lowest BCUT2D eigenvalue weighted by molar-refractivity contribution is 0.335. The van der Waals surface area contributed by atoms with E-state index in [4.69, 9.17) is 4.98 Å². The molecule has 1 aromatic heterocycles. The van der Waals surface area contributed by atoms with E-state index in [1.165, 1.54) is 51.1 Å². The first kappa shape index (κ1) is 24.0. The second-order valence-corrected chi connectivity index (χ2v) is 11.5. The number of hydrogen-bond donors (Lipinski definition) is 1. The van der Waals surface area contributed by atoms with E-state index in [0.29, 0.717) is 5.41 Å². The molecular weight excluding hydrogens is 446 g/mol. The average molecular weight is 484 g/mol. The van der Waals surface area contributed by atoms with Gasteiger partial charge in [-0.25, -0.2) is 4.98 Å². The molecule has 0 spiro atoms. The Morgan fingerprint density at radius 2 is 1.86 bits per heavy atom. The smallest absolute Gasteiger partial charge is 0.130 e. The lowest BCUT2D eigenvalue weighted by atomic mass is 9.74. The van der Waals surface area contributed by atoms with Crippen LogP contribution in [0.2, 0.25) is 0 Å². The maximum atomic E-state index is 4.86. The number of aromatic nitrogens is 1. The van der Waals surface area contributed by atoms with E-state index in [1.807, 2.05) is 30.1 Å². The average Bonchev–Trinajstić information content (AvgIpc) is 2.85. The van der Waals surface area contributed by atoms with Gasteiger partial charge in [0.25, 0.3) is 0 Å². The Morgan fingerprint density at radius 3 is 2.51 bits per heavy atom. The van der Waals surface area contributed by atoms with Gasteiger partial charge < -0.3 is 9.62 Å². The largest absolute Gasteiger partial charge is 0.340 e. The van der Waals surface area contributed by atoms with Gasteiger partial charge in [-0.05, 0) is 96.5 Å². The zero-order valence-corrected chi connectivity index (χ0v) is 22.8. The van der Waals surface area contributed by atoms with Gasteiger partial charge in [-0.15, -0.1) is 0 Å². The maximum Gasteiger partial charge on any atom is 0.130 e. The van der Waals surface area contributed by atoms with E-state index in [-0.39, 0.29) is 0 Å². The first-order valence-corrected chi connectivity index (χ1v) is 14.0. The number of hydrogen-bond acceptors (Lipinski definition) is 4. The Labute approximate surface area is 215 Å². The van der Waals surface area contributed by atoms with Crippen LogP contribution in [0.25, 0.3) is 16.7 Å². The Bertz CT molecular complexity index is 1290. The highest BCUT2D eigenvalue weighted by Crippen LogP contribution is 2.51. The second kappa shape index (κ2) is 9.39. The summed E-state index contributed by atoms with van der Waals surface area (Å²) in [7, 11) is 0. The number of nitrogens with one attached hydrogen (secondary N) is 1. The maximum absolute atomic E-state index is 4.86. The first-order valence-electron chi connectivity index (χ1n) is 12.8. The number of pyridine rings is 1. The lowest BCUT2D eigenvalue weighted by Crippen LogP contribution is -2.23. The molecule has 0 fully saturated rings. The number of nitrogens with zero attached hydrogens (tertiary/aromatic N) is 2. The third kappa shape index (κ3) is 4.38. The molecule has 1 aliphatic carbocycles. The van der Waals surface area contributed by atoms with Crippen molar-refractivity contribution in [3.63, 3.8) is 0 Å². The molecule has 0 atom stereocenters. The van der Waals surface area contributed by atoms with Gasteiger partial charge in [0.05, 0.1) is 12.2 Å². The number of allylic oxidation sites excluding steroid dienone is 2. The van der Waals surface area contributed by atoms with Crippen molar-refractivity contribution in [2.24, 2.45) is 5.41 Å². The molecule has 2 heterocycles. The van der Waals surface area contributed by atoms with E-state index in [9.17, 15) is 0 Å². The minimum atomic E-state index is 0.404. The molecule has 0 bridgehead atoms. The zero-order valence-electron chi connectivity index (χ0n) is 22.0. The molecule has 35 heavy (non-hydrogen) atoms. The van der Waals surface area contributed by atoms with Gasteiger partial charge in [-0.1, -0.05) is 57.0 Å². The van der Waals surface area contributed by atoms with Crippen molar-refractivity contribution in [2.75, 3.05) is 15.9 Å². The van der Waals surface area contributed by atoms with Gasteiger partial charge in [0.1, 0.15) is 5.82 Å². The molecule has 2 aromatic carbocycles. The summed E-state index contributed by atoms with van der Waals surface area (Å²) in [6.07, 6.45) is 11.4. The quantitative estimate of drug-likeness (QED) is 0.367. The van der Waals surface area contributed by atoms with Crippen LogP contribution in [0.1, 0.15) is 67.9 Å². The van der Waals surface area contributed by atoms with Crippen molar-refractivity contribution >= 4 is 34.7 Å². The van der Waals surface area contributed by atoms with Gasteiger partial charge in [-0.2, -0.15) is 0 Å². The highest BCUT2D eigenvalue weighted by molar-refractivity contribution is 7.99. The molecule has 3 nitrogen and oxygen atoms in total. The molecule has 5 rings (SSSR count). The molecular formula is C31H37N3S. The number of anilines is 3. The summed E-state index contributed by atoms with van der Waals surface area (Å²) in [6.45, 7) is 12.7. The number of rotatable bonds is 5. The van der Waals surface area contributed by atoms with Crippen molar-refractivity contribution < 1.29 is 0 Å². The van der Waals surface area contributed by atoms with E-state index in [0.717, 1.165) is 37.3 Å². The summed E-state index contributed by atoms with van der Waals surface area (Å²) in [5.41, 5.74) is 14.2. The standard InChI is InChI=1S/C31H37N3S/c1-7-25-20(2)30-29(21(3)28(25)22-13-15-31(4,5)16-14-22)26-18-32-27(17-23(26)19-34(30)35-6)33-24-11-9-8-10-12-24/h8-13,17-18H,7,14-16,19H2,1-6H3,(H,32,33). The molecule has 4 heteroatoms. The van der Waals surface area contributed by atoms with Gasteiger partial charge in [0, 0.05) is 29.3 Å². The van der Waals surface area contributed by atoms with Crippen molar-refractivity contribution in [2.45, 2.75) is 66.8 Å². The fourth-order valence-electron chi connectivity index (χ4n) is 5.85. The van der Waals surface area contributed by atoms with Crippen LogP contribution in [0.5, 0.6) is 0 Å². The minimum Gasteiger partial charge on any atom is -0.340 e. The van der Waals surface area contributed by atoms with Gasteiger partial charge in [-0.3, -0.25) is 0 Å². The highest BCUT2D eigenvalue weighted by Gasteiger charge is 2.31. The number of benzene rings is 2. The summed E-state index contributed by atoms with van der Waals surface area (Å²) < 4.78 is 2.48. The molecule has 1 N–H and O–H groups in total. The summed E-state index contributed by atoms with van der Waals surface area (Å²) >= 11 is 1.82. The SMILES string of the molecule is CCc1c(C)c2c(c(C)c1C1=CCC(C)(C)CC1)-c1cnc(Nc3ccccc3)cc1CN2SC. The van der Waals surface area contributed by atoms with Crippen LogP contribution < -0.4 is 9.62 Å². The van der Waals surface area contributed by atoms with Crippen molar-refractivity contribution in [1.82, 2.24) is 4.98 Å². The first-order chi connectivity index (χ1) is 16.8. The predicted molar refractivity (Wildman–Crippen MR) is 154 cm³/mol. The van der Waals surface area contributed by atoms with Crippen LogP contribution in [0, 0.1) is 19.3 Å². The predicted octanol–water partition coefficient (Wildman–Crippen LogP) is 8.86. The highest BCUT2D eigenvalue weighted by atomic mass is 32.2. The minimum absolute atomic E-state index is 0.404. The topological polar surface area (TPSA) is 28.2 Å². The Kier molecular flexibility index (Phi) is 6.43. The fraction of sp³-hybridized carbons (Fsp3) is 0.387. The monoisotopic (exact) mass is 483 g/mol. The Morgan fingerprint density at radius 1 is 1.09 bits per heavy atom. The van der Waals surface area contributed by atoms with Crippen LogP contribution in [-0.2, 0) is 13.0 Å². The van der Waals surface area contributed by atoms with E-state index in [2.05, 4.69) is 81.0 Å². The van der Waals surface area contributed by atoms with Gasteiger partial charge >= 0.3 is 0 Å². The summed E-state index contributed by atoms with van der Waals surface area (Å²) in [4.78, 5) is 4.86. The van der Waals surface area contributed by atoms with Crippen LogP contribution in [-0.4, -0.2) is 11.2 Å². The second-order valence-electron chi connectivity index (χ2n) is 10.7. The lowest BCUT2D eigenvalue weighted by Gasteiger charge is -2.37. The molecule has 2 aliphatic rings. The molecule has 182 valence electrons. The summed E-state index contributed by atoms with van der Waals surface area (Å²) in [6, 6.07) is 12.5.